The van der Waals surface area contributed by atoms with Gasteiger partial charge in [0.15, 0.2) is 0 Å². The molecule has 0 radical (unpaired) electrons. The van der Waals surface area contributed by atoms with Crippen LogP contribution in [0, 0.1) is 0 Å². The minimum absolute atomic E-state index is 0.273. The van der Waals surface area contributed by atoms with Crippen molar-refractivity contribution in [2.24, 2.45) is 0 Å². The maximum absolute atomic E-state index is 12.2. The molecule has 1 heterocycles. The van der Waals surface area contributed by atoms with Crippen molar-refractivity contribution in [3.05, 3.63) is 59.9 Å². The largest absolute Gasteiger partial charge is 0.341 e. The minimum atomic E-state index is -0.675. The van der Waals surface area contributed by atoms with Crippen molar-refractivity contribution < 1.29 is 9.59 Å². The molecule has 0 aliphatic heterocycles. The molecule has 0 fully saturated rings. The summed E-state index contributed by atoms with van der Waals surface area (Å²) in [6.45, 7) is 8.78. The molecule has 0 aliphatic carbocycles. The molecule has 1 aromatic heterocycles. The number of nitrogens with one attached hydrogen (secondary N) is 2. The molecule has 2 rings (SSSR count). The highest BCUT2D eigenvalue weighted by Gasteiger charge is 2.17. The maximum atomic E-state index is 12.2. The van der Waals surface area contributed by atoms with Crippen LogP contribution >= 0.6 is 0 Å². The van der Waals surface area contributed by atoms with Crippen molar-refractivity contribution in [2.45, 2.75) is 33.4 Å². The fourth-order valence-electron chi connectivity index (χ4n) is 2.64. The van der Waals surface area contributed by atoms with E-state index in [9.17, 15) is 9.59 Å². The van der Waals surface area contributed by atoms with Gasteiger partial charge in [0.2, 0.25) is 0 Å². The lowest BCUT2D eigenvalue weighted by molar-refractivity contribution is -0.136. The summed E-state index contributed by atoms with van der Waals surface area (Å²) in [6.07, 6.45) is 3.30. The molecule has 0 spiro atoms. The van der Waals surface area contributed by atoms with Gasteiger partial charge in [-0.05, 0) is 55.4 Å². The highest BCUT2D eigenvalue weighted by atomic mass is 16.2. The van der Waals surface area contributed by atoms with Crippen LogP contribution in [0.15, 0.2) is 48.8 Å². The number of nitrogens with zero attached hydrogens (tertiary/aromatic N) is 2. The first-order valence-electron chi connectivity index (χ1n) is 8.86. The summed E-state index contributed by atoms with van der Waals surface area (Å²) in [7, 11) is 0. The summed E-state index contributed by atoms with van der Waals surface area (Å²) in [6, 6.07) is 10.9. The van der Waals surface area contributed by atoms with Crippen LogP contribution in [-0.4, -0.2) is 34.8 Å². The van der Waals surface area contributed by atoms with E-state index in [0.717, 1.165) is 30.8 Å². The predicted octanol–water partition coefficient (Wildman–Crippen LogP) is 2.74. The zero-order chi connectivity index (χ0) is 18.9. The topological polar surface area (TPSA) is 74.3 Å². The number of hydrogen-bond donors (Lipinski definition) is 2. The van der Waals surface area contributed by atoms with Gasteiger partial charge in [-0.15, -0.1) is 0 Å². The van der Waals surface area contributed by atoms with Crippen LogP contribution in [0.1, 0.15) is 37.9 Å². The van der Waals surface area contributed by atoms with E-state index in [1.807, 2.05) is 25.1 Å². The van der Waals surface area contributed by atoms with E-state index in [-0.39, 0.29) is 6.04 Å². The van der Waals surface area contributed by atoms with Gasteiger partial charge in [0.1, 0.15) is 0 Å². The number of amides is 2. The molecule has 1 atom stereocenters. The average molecular weight is 354 g/mol. The zero-order valence-electron chi connectivity index (χ0n) is 15.5. The highest BCUT2D eigenvalue weighted by Crippen LogP contribution is 2.13. The van der Waals surface area contributed by atoms with Gasteiger partial charge < -0.3 is 10.6 Å². The monoisotopic (exact) mass is 354 g/mol. The van der Waals surface area contributed by atoms with Gasteiger partial charge in [-0.25, -0.2) is 0 Å². The van der Waals surface area contributed by atoms with Gasteiger partial charge in [0.25, 0.3) is 0 Å². The van der Waals surface area contributed by atoms with Gasteiger partial charge >= 0.3 is 11.8 Å². The van der Waals surface area contributed by atoms with Crippen molar-refractivity contribution in [1.29, 1.82) is 0 Å². The Morgan fingerprint density at radius 3 is 2.42 bits per heavy atom. The van der Waals surface area contributed by atoms with Gasteiger partial charge in [0.05, 0.1) is 6.04 Å². The van der Waals surface area contributed by atoms with Gasteiger partial charge in [-0.2, -0.15) is 0 Å². The lowest BCUT2D eigenvalue weighted by atomic mass is 10.1. The van der Waals surface area contributed by atoms with Crippen molar-refractivity contribution in [1.82, 2.24) is 15.2 Å². The molecule has 2 N–H and O–H groups in total. The highest BCUT2D eigenvalue weighted by molar-refractivity contribution is 6.39. The van der Waals surface area contributed by atoms with Gasteiger partial charge in [-0.3, -0.25) is 19.5 Å². The van der Waals surface area contributed by atoms with Crippen LogP contribution in [0.3, 0.4) is 0 Å². The Morgan fingerprint density at radius 2 is 1.77 bits per heavy atom. The lowest BCUT2D eigenvalue weighted by Crippen LogP contribution is -2.36. The van der Waals surface area contributed by atoms with Crippen LogP contribution in [0.5, 0.6) is 0 Å². The van der Waals surface area contributed by atoms with Crippen LogP contribution < -0.4 is 10.6 Å². The summed E-state index contributed by atoms with van der Waals surface area (Å²) < 4.78 is 0. The van der Waals surface area contributed by atoms with Gasteiger partial charge in [-0.1, -0.05) is 26.0 Å². The van der Waals surface area contributed by atoms with Crippen LogP contribution in [0.4, 0.5) is 5.69 Å². The second-order valence-electron chi connectivity index (χ2n) is 6.09. The average Bonchev–Trinajstić information content (AvgIpc) is 2.67. The molecular formula is C20H26N4O2. The molecule has 1 unspecified atom stereocenters. The number of benzene rings is 1. The van der Waals surface area contributed by atoms with Crippen molar-refractivity contribution in [2.75, 3.05) is 18.4 Å². The number of pyridine rings is 1. The van der Waals surface area contributed by atoms with E-state index in [2.05, 4.69) is 34.4 Å². The van der Waals surface area contributed by atoms with Crippen LogP contribution in [0.25, 0.3) is 0 Å². The first kappa shape index (κ1) is 19.6. The van der Waals surface area contributed by atoms with Gasteiger partial charge in [0, 0.05) is 24.6 Å². The minimum Gasteiger partial charge on any atom is -0.341 e. The van der Waals surface area contributed by atoms with Crippen molar-refractivity contribution in [3.63, 3.8) is 0 Å². The molecular weight excluding hydrogens is 328 g/mol. The third-order valence-electron chi connectivity index (χ3n) is 4.25. The fraction of sp³-hybridized carbons (Fsp3) is 0.350. The van der Waals surface area contributed by atoms with Crippen molar-refractivity contribution >= 4 is 17.5 Å². The van der Waals surface area contributed by atoms with E-state index in [1.165, 1.54) is 0 Å². The second kappa shape index (κ2) is 9.68. The molecule has 6 nitrogen and oxygen atoms in total. The molecule has 0 bridgehead atoms. The van der Waals surface area contributed by atoms with E-state index in [1.54, 1.807) is 30.6 Å². The molecule has 1 aromatic carbocycles. The van der Waals surface area contributed by atoms with E-state index < -0.39 is 11.8 Å². The molecule has 0 saturated carbocycles. The number of hydrogen-bond acceptors (Lipinski definition) is 4. The third kappa shape index (κ3) is 5.67. The molecule has 2 amide bonds. The summed E-state index contributed by atoms with van der Waals surface area (Å²) in [5.74, 6) is -1.34. The molecule has 0 aliphatic rings. The lowest BCUT2D eigenvalue weighted by Gasteiger charge is -2.18. The summed E-state index contributed by atoms with van der Waals surface area (Å²) >= 11 is 0. The summed E-state index contributed by atoms with van der Waals surface area (Å²) in [4.78, 5) is 30.5. The molecule has 6 heteroatoms. The number of carbonyl (C=O) groups excluding carboxylic acids is 2. The Hall–Kier alpha value is -2.73. The summed E-state index contributed by atoms with van der Waals surface area (Å²) in [5.41, 5.74) is 2.60. The SMILES string of the molecule is CCN(CC)Cc1cccc(NC(=O)C(=O)NC(C)c2ccncc2)c1. The Balaban J connectivity index is 1.95. The smallest absolute Gasteiger partial charge is 0.313 e. The summed E-state index contributed by atoms with van der Waals surface area (Å²) in [5, 5.41) is 5.36. The van der Waals surface area contributed by atoms with Crippen LogP contribution in [-0.2, 0) is 16.1 Å². The van der Waals surface area contributed by atoms with E-state index in [4.69, 9.17) is 0 Å². The third-order valence-corrected chi connectivity index (χ3v) is 4.25. The molecule has 138 valence electrons. The standard InChI is InChI=1S/C20H26N4O2/c1-4-24(5-2)14-16-7-6-8-18(13-16)23-20(26)19(25)22-15(3)17-9-11-21-12-10-17/h6-13,15H,4-5,14H2,1-3H3,(H,22,25)(H,23,26). The number of rotatable bonds is 7. The Bertz CT molecular complexity index is 730. The normalized spacial score (nSPS) is 11.8. The number of carbonyl (C=O) groups is 2. The number of aromatic nitrogens is 1. The van der Waals surface area contributed by atoms with Crippen molar-refractivity contribution in [3.8, 4) is 0 Å². The molecule has 26 heavy (non-hydrogen) atoms. The Labute approximate surface area is 154 Å². The predicted molar refractivity (Wildman–Crippen MR) is 102 cm³/mol. The molecule has 2 aromatic rings. The fourth-order valence-corrected chi connectivity index (χ4v) is 2.64. The zero-order valence-corrected chi connectivity index (χ0v) is 15.5. The quantitative estimate of drug-likeness (QED) is 0.750. The Kier molecular flexibility index (Phi) is 7.29. The maximum Gasteiger partial charge on any atom is 0.313 e. The molecule has 0 saturated heterocycles. The second-order valence-corrected chi connectivity index (χ2v) is 6.09. The van der Waals surface area contributed by atoms with Crippen LogP contribution in [0.2, 0.25) is 0 Å². The first-order valence-corrected chi connectivity index (χ1v) is 8.86. The van der Waals surface area contributed by atoms with E-state index >= 15 is 0 Å². The Morgan fingerprint density at radius 1 is 1.08 bits per heavy atom. The first-order chi connectivity index (χ1) is 12.5. The number of anilines is 1. The van der Waals surface area contributed by atoms with E-state index in [0.29, 0.717) is 5.69 Å².